The summed E-state index contributed by atoms with van der Waals surface area (Å²) < 4.78 is 4.42. The van der Waals surface area contributed by atoms with Crippen molar-refractivity contribution in [1.82, 2.24) is 10.2 Å². The van der Waals surface area contributed by atoms with Crippen LogP contribution in [0.5, 0.6) is 0 Å². The van der Waals surface area contributed by atoms with E-state index in [-0.39, 0.29) is 31.0 Å². The van der Waals surface area contributed by atoms with Crippen LogP contribution >= 0.6 is 11.8 Å². The molecule has 0 aromatic carbocycles. The Balaban J connectivity index is 2.36. The zero-order valence-corrected chi connectivity index (χ0v) is 12.5. The van der Waals surface area contributed by atoms with Crippen LogP contribution in [-0.4, -0.2) is 65.1 Å². The van der Waals surface area contributed by atoms with Crippen molar-refractivity contribution < 1.29 is 29.0 Å². The number of hydrogen-bond acceptors (Lipinski definition) is 6. The van der Waals surface area contributed by atoms with Crippen molar-refractivity contribution in [2.24, 2.45) is 0 Å². The number of esters is 1. The molecule has 0 bridgehead atoms. The topological polar surface area (TPSA) is 113 Å². The first kappa shape index (κ1) is 17.3. The molecule has 2 amide bonds. The van der Waals surface area contributed by atoms with Gasteiger partial charge in [0.25, 0.3) is 5.24 Å². The number of rotatable bonds is 8. The fourth-order valence-electron chi connectivity index (χ4n) is 1.75. The molecule has 21 heavy (non-hydrogen) atoms. The SMILES string of the molecule is COC(=O)CC[C@@H](NC(=O)CCN1CCSC1=O)C(=O)O. The van der Waals surface area contributed by atoms with Crippen molar-refractivity contribution in [3.8, 4) is 0 Å². The van der Waals surface area contributed by atoms with E-state index in [1.165, 1.54) is 18.9 Å². The van der Waals surface area contributed by atoms with Crippen LogP contribution in [0.3, 0.4) is 0 Å². The summed E-state index contributed by atoms with van der Waals surface area (Å²) in [6.45, 7) is 0.864. The lowest BCUT2D eigenvalue weighted by Crippen LogP contribution is -2.42. The maximum absolute atomic E-state index is 11.7. The predicted molar refractivity (Wildman–Crippen MR) is 74.9 cm³/mol. The highest BCUT2D eigenvalue weighted by atomic mass is 32.2. The van der Waals surface area contributed by atoms with Gasteiger partial charge >= 0.3 is 11.9 Å². The van der Waals surface area contributed by atoms with Gasteiger partial charge in [0.15, 0.2) is 0 Å². The van der Waals surface area contributed by atoms with Gasteiger partial charge in [0.1, 0.15) is 6.04 Å². The second-order valence-electron chi connectivity index (χ2n) is 4.42. The van der Waals surface area contributed by atoms with Gasteiger partial charge in [-0.3, -0.25) is 14.4 Å². The van der Waals surface area contributed by atoms with E-state index in [4.69, 9.17) is 5.11 Å². The van der Waals surface area contributed by atoms with Crippen LogP contribution in [0, 0.1) is 0 Å². The van der Waals surface area contributed by atoms with Gasteiger partial charge in [0, 0.05) is 31.7 Å². The molecule has 0 radical (unpaired) electrons. The summed E-state index contributed by atoms with van der Waals surface area (Å²) in [7, 11) is 1.21. The third kappa shape index (κ3) is 6.03. The summed E-state index contributed by atoms with van der Waals surface area (Å²) in [6, 6.07) is -1.14. The zero-order valence-electron chi connectivity index (χ0n) is 11.7. The lowest BCUT2D eigenvalue weighted by molar-refractivity contribution is -0.144. The highest BCUT2D eigenvalue weighted by Crippen LogP contribution is 2.17. The first-order valence-electron chi connectivity index (χ1n) is 6.44. The summed E-state index contributed by atoms with van der Waals surface area (Å²) in [6.07, 6.45) is -0.0878. The van der Waals surface area contributed by atoms with Gasteiger partial charge in [-0.2, -0.15) is 0 Å². The molecule has 1 heterocycles. The standard InChI is InChI=1S/C12H18N2O6S/c1-20-10(16)3-2-8(11(17)18)13-9(15)4-5-14-6-7-21-12(14)19/h8H,2-7H2,1H3,(H,13,15)(H,17,18)/t8-/m1/s1. The summed E-state index contributed by atoms with van der Waals surface area (Å²) >= 11 is 1.20. The van der Waals surface area contributed by atoms with E-state index >= 15 is 0 Å². The molecule has 1 aliphatic rings. The van der Waals surface area contributed by atoms with E-state index in [0.29, 0.717) is 12.3 Å². The average Bonchev–Trinajstić information content (AvgIpc) is 2.85. The number of nitrogens with zero attached hydrogens (tertiary/aromatic N) is 1. The first-order chi connectivity index (χ1) is 9.93. The quantitative estimate of drug-likeness (QED) is 0.609. The Bertz CT molecular complexity index is 428. The zero-order chi connectivity index (χ0) is 15.8. The normalized spacial score (nSPS) is 15.7. The maximum Gasteiger partial charge on any atom is 0.326 e. The highest BCUT2D eigenvalue weighted by molar-refractivity contribution is 8.13. The fraction of sp³-hybridized carbons (Fsp3) is 0.667. The van der Waals surface area contributed by atoms with Gasteiger partial charge in [-0.1, -0.05) is 11.8 Å². The Morgan fingerprint density at radius 2 is 2.14 bits per heavy atom. The molecule has 2 N–H and O–H groups in total. The first-order valence-corrected chi connectivity index (χ1v) is 7.43. The van der Waals surface area contributed by atoms with Crippen LogP contribution < -0.4 is 5.32 Å². The lowest BCUT2D eigenvalue weighted by atomic mass is 10.1. The van der Waals surface area contributed by atoms with Gasteiger partial charge in [0.05, 0.1) is 7.11 Å². The third-order valence-electron chi connectivity index (χ3n) is 2.95. The molecule has 1 saturated heterocycles. The van der Waals surface area contributed by atoms with Crippen LogP contribution in [0.1, 0.15) is 19.3 Å². The van der Waals surface area contributed by atoms with Crippen molar-refractivity contribution in [1.29, 1.82) is 0 Å². The predicted octanol–water partition coefficient (Wildman–Crippen LogP) is 0.0679. The summed E-state index contributed by atoms with van der Waals surface area (Å²) in [5.41, 5.74) is 0. The third-order valence-corrected chi connectivity index (χ3v) is 3.84. The Morgan fingerprint density at radius 1 is 1.43 bits per heavy atom. The molecule has 9 heteroatoms. The number of ether oxygens (including phenoxy) is 1. The molecule has 8 nitrogen and oxygen atoms in total. The number of methoxy groups -OCH3 is 1. The minimum Gasteiger partial charge on any atom is -0.480 e. The van der Waals surface area contributed by atoms with E-state index in [2.05, 4.69) is 10.1 Å². The Kier molecular flexibility index (Phi) is 7.00. The molecule has 1 fully saturated rings. The van der Waals surface area contributed by atoms with Crippen molar-refractivity contribution >= 4 is 34.8 Å². The molecule has 0 saturated carbocycles. The van der Waals surface area contributed by atoms with Gasteiger partial charge in [-0.05, 0) is 6.42 Å². The number of carboxylic acid groups (broad SMARTS) is 1. The van der Waals surface area contributed by atoms with Crippen molar-refractivity contribution in [3.63, 3.8) is 0 Å². The van der Waals surface area contributed by atoms with Crippen LogP contribution in [0.2, 0.25) is 0 Å². The minimum atomic E-state index is -1.21. The second kappa shape index (κ2) is 8.50. The number of carbonyl (C=O) groups excluding carboxylic acids is 3. The number of aliphatic carboxylic acids is 1. The molecule has 0 aromatic rings. The van der Waals surface area contributed by atoms with Gasteiger partial charge < -0.3 is 20.1 Å². The summed E-state index contributed by atoms with van der Waals surface area (Å²) in [4.78, 5) is 46.6. The number of nitrogens with one attached hydrogen (secondary N) is 1. The minimum absolute atomic E-state index is 0.0355. The maximum atomic E-state index is 11.7. The molecule has 1 aliphatic heterocycles. The number of carbonyl (C=O) groups is 4. The van der Waals surface area contributed by atoms with Crippen molar-refractivity contribution in [3.05, 3.63) is 0 Å². The Hall–Kier alpha value is -1.77. The number of thioether (sulfide) groups is 1. The molecule has 0 aromatic heterocycles. The fourth-order valence-corrected chi connectivity index (χ4v) is 2.60. The molecular weight excluding hydrogens is 300 g/mol. The van der Waals surface area contributed by atoms with Crippen LogP contribution in [0.25, 0.3) is 0 Å². The number of amides is 2. The van der Waals surface area contributed by atoms with E-state index in [1.54, 1.807) is 4.90 Å². The molecular formula is C12H18N2O6S. The van der Waals surface area contributed by atoms with E-state index in [1.807, 2.05) is 0 Å². The monoisotopic (exact) mass is 318 g/mol. The van der Waals surface area contributed by atoms with Crippen molar-refractivity contribution in [2.45, 2.75) is 25.3 Å². The van der Waals surface area contributed by atoms with Gasteiger partial charge in [-0.25, -0.2) is 4.79 Å². The van der Waals surface area contributed by atoms with E-state index in [9.17, 15) is 19.2 Å². The number of hydrogen-bond donors (Lipinski definition) is 2. The second-order valence-corrected chi connectivity index (χ2v) is 5.47. The molecule has 0 aliphatic carbocycles. The molecule has 118 valence electrons. The van der Waals surface area contributed by atoms with Gasteiger partial charge in [0.2, 0.25) is 5.91 Å². The molecule has 1 atom stereocenters. The van der Waals surface area contributed by atoms with Crippen LogP contribution in [0.15, 0.2) is 0 Å². The van der Waals surface area contributed by atoms with Crippen LogP contribution in [-0.2, 0) is 19.1 Å². The molecule has 0 spiro atoms. The number of carboxylic acids is 1. The average molecular weight is 318 g/mol. The van der Waals surface area contributed by atoms with Crippen LogP contribution in [0.4, 0.5) is 4.79 Å². The molecule has 1 rings (SSSR count). The van der Waals surface area contributed by atoms with E-state index < -0.39 is 23.9 Å². The largest absolute Gasteiger partial charge is 0.480 e. The Morgan fingerprint density at radius 3 is 2.67 bits per heavy atom. The highest BCUT2D eigenvalue weighted by Gasteiger charge is 2.24. The summed E-state index contributed by atoms with van der Waals surface area (Å²) in [5, 5.41) is 11.3. The lowest BCUT2D eigenvalue weighted by Gasteiger charge is -2.16. The Labute approximate surface area is 126 Å². The van der Waals surface area contributed by atoms with Crippen molar-refractivity contribution in [2.75, 3.05) is 26.0 Å². The molecule has 0 unspecified atom stereocenters. The van der Waals surface area contributed by atoms with E-state index in [0.717, 1.165) is 0 Å². The smallest absolute Gasteiger partial charge is 0.326 e. The summed E-state index contributed by atoms with van der Waals surface area (Å²) in [5.74, 6) is -1.50. The van der Waals surface area contributed by atoms with Gasteiger partial charge in [-0.15, -0.1) is 0 Å².